The van der Waals surface area contributed by atoms with Crippen molar-refractivity contribution in [1.82, 2.24) is 9.97 Å². The first-order valence-electron chi connectivity index (χ1n) is 3.75. The van der Waals surface area contributed by atoms with Crippen molar-refractivity contribution in [1.29, 1.82) is 0 Å². The molecule has 0 aliphatic carbocycles. The number of nitrogens with one attached hydrogen (secondary N) is 1. The second-order valence-electron chi connectivity index (χ2n) is 2.26. The first-order valence-corrected chi connectivity index (χ1v) is 3.75. The van der Waals surface area contributed by atoms with Crippen LogP contribution in [0.5, 0.6) is 0 Å². The van der Waals surface area contributed by atoms with Gasteiger partial charge in [-0.05, 0) is 6.07 Å². The summed E-state index contributed by atoms with van der Waals surface area (Å²) in [6.07, 6.45) is 1.36. The van der Waals surface area contributed by atoms with Crippen LogP contribution in [0, 0.1) is 0 Å². The SMILES string of the molecule is C1COCO1.Nc1ccnc(=O)[nH]1. The van der Waals surface area contributed by atoms with E-state index < -0.39 is 5.69 Å². The van der Waals surface area contributed by atoms with E-state index in [0.29, 0.717) is 12.6 Å². The molecule has 0 saturated carbocycles. The summed E-state index contributed by atoms with van der Waals surface area (Å²) in [5.74, 6) is 0.338. The standard InChI is InChI=1S/C4H5N3O.C3H6O2/c5-3-1-2-6-4(8)7-3;1-2-5-3-4-1/h1-2H,(H3,5,6,7,8);1-3H2. The van der Waals surface area contributed by atoms with Gasteiger partial charge in [0.2, 0.25) is 0 Å². The van der Waals surface area contributed by atoms with E-state index in [-0.39, 0.29) is 0 Å². The number of nitrogens with two attached hydrogens (primary N) is 1. The molecule has 1 saturated heterocycles. The maximum atomic E-state index is 10.2. The van der Waals surface area contributed by atoms with Gasteiger partial charge in [0, 0.05) is 6.20 Å². The van der Waals surface area contributed by atoms with Gasteiger partial charge in [-0.25, -0.2) is 9.78 Å². The van der Waals surface area contributed by atoms with E-state index in [4.69, 9.17) is 15.2 Å². The number of aromatic amines is 1. The van der Waals surface area contributed by atoms with Crippen molar-refractivity contribution in [2.24, 2.45) is 0 Å². The zero-order valence-corrected chi connectivity index (χ0v) is 7.03. The second kappa shape index (κ2) is 5.28. The molecule has 1 aromatic rings. The lowest BCUT2D eigenvalue weighted by Gasteiger charge is -1.84. The highest BCUT2D eigenvalue weighted by atomic mass is 16.7. The van der Waals surface area contributed by atoms with Crippen molar-refractivity contribution in [2.75, 3.05) is 25.7 Å². The highest BCUT2D eigenvalue weighted by molar-refractivity contribution is 5.22. The molecule has 2 heterocycles. The molecule has 72 valence electrons. The number of nitrogens with zero attached hydrogens (tertiary/aromatic N) is 1. The molecule has 0 amide bonds. The molecule has 1 aliphatic heterocycles. The smallest absolute Gasteiger partial charge is 0.346 e. The Morgan fingerprint density at radius 2 is 2.15 bits per heavy atom. The van der Waals surface area contributed by atoms with Crippen molar-refractivity contribution < 1.29 is 9.47 Å². The Kier molecular flexibility index (Phi) is 3.94. The lowest BCUT2D eigenvalue weighted by atomic mass is 10.6. The largest absolute Gasteiger partial charge is 0.385 e. The Morgan fingerprint density at radius 1 is 1.46 bits per heavy atom. The highest BCUT2D eigenvalue weighted by Crippen LogP contribution is 1.85. The number of hydrogen-bond acceptors (Lipinski definition) is 5. The van der Waals surface area contributed by atoms with Gasteiger partial charge < -0.3 is 15.2 Å². The van der Waals surface area contributed by atoms with Gasteiger partial charge in [-0.1, -0.05) is 0 Å². The lowest BCUT2D eigenvalue weighted by Crippen LogP contribution is -2.10. The van der Waals surface area contributed by atoms with E-state index in [9.17, 15) is 4.79 Å². The van der Waals surface area contributed by atoms with Crippen molar-refractivity contribution in [3.8, 4) is 0 Å². The minimum Gasteiger partial charge on any atom is -0.385 e. The Balaban J connectivity index is 0.000000145. The van der Waals surface area contributed by atoms with E-state index in [1.54, 1.807) is 0 Å². The van der Waals surface area contributed by atoms with Crippen LogP contribution in [0.15, 0.2) is 17.1 Å². The maximum absolute atomic E-state index is 10.2. The third-order valence-electron chi connectivity index (χ3n) is 1.24. The van der Waals surface area contributed by atoms with Crippen LogP contribution in [0.4, 0.5) is 5.82 Å². The van der Waals surface area contributed by atoms with Gasteiger partial charge in [-0.2, -0.15) is 0 Å². The van der Waals surface area contributed by atoms with Crippen molar-refractivity contribution >= 4 is 5.82 Å². The first-order chi connectivity index (χ1) is 6.29. The topological polar surface area (TPSA) is 90.2 Å². The van der Waals surface area contributed by atoms with Gasteiger partial charge in [-0.15, -0.1) is 0 Å². The number of hydrogen-bond donors (Lipinski definition) is 2. The minimum absolute atomic E-state index is 0.338. The molecule has 0 aromatic carbocycles. The van der Waals surface area contributed by atoms with E-state index >= 15 is 0 Å². The average molecular weight is 185 g/mol. The first kappa shape index (κ1) is 9.69. The monoisotopic (exact) mass is 185 g/mol. The summed E-state index contributed by atoms with van der Waals surface area (Å²) < 4.78 is 9.44. The Labute approximate surface area is 74.7 Å². The summed E-state index contributed by atoms with van der Waals surface area (Å²) in [4.78, 5) is 15.9. The van der Waals surface area contributed by atoms with Gasteiger partial charge in [-0.3, -0.25) is 4.98 Å². The second-order valence-corrected chi connectivity index (χ2v) is 2.26. The van der Waals surface area contributed by atoms with E-state index in [0.717, 1.165) is 13.2 Å². The molecule has 13 heavy (non-hydrogen) atoms. The molecule has 1 aromatic heterocycles. The number of ether oxygens (including phenoxy) is 2. The summed E-state index contributed by atoms with van der Waals surface area (Å²) >= 11 is 0. The van der Waals surface area contributed by atoms with Crippen LogP contribution in [-0.2, 0) is 9.47 Å². The molecule has 0 radical (unpaired) electrons. The molecule has 0 atom stereocenters. The molecular formula is C7H11N3O3. The summed E-state index contributed by atoms with van der Waals surface area (Å²) in [5.41, 5.74) is 4.75. The molecule has 3 N–H and O–H groups in total. The van der Waals surface area contributed by atoms with Gasteiger partial charge in [0.1, 0.15) is 12.6 Å². The minimum atomic E-state index is -0.412. The van der Waals surface area contributed by atoms with E-state index in [2.05, 4.69) is 9.97 Å². The van der Waals surface area contributed by atoms with Crippen LogP contribution in [0.2, 0.25) is 0 Å². The van der Waals surface area contributed by atoms with Crippen LogP contribution in [0.1, 0.15) is 0 Å². The average Bonchev–Trinajstić information content (AvgIpc) is 2.59. The molecule has 0 bridgehead atoms. The molecule has 0 unspecified atom stereocenters. The van der Waals surface area contributed by atoms with Crippen molar-refractivity contribution in [3.63, 3.8) is 0 Å². The Morgan fingerprint density at radius 3 is 2.46 bits per heavy atom. The van der Waals surface area contributed by atoms with Crippen molar-refractivity contribution in [2.45, 2.75) is 0 Å². The Hall–Kier alpha value is -1.40. The van der Waals surface area contributed by atoms with Gasteiger partial charge >= 0.3 is 5.69 Å². The van der Waals surface area contributed by atoms with Crippen LogP contribution in [-0.4, -0.2) is 30.0 Å². The fourth-order valence-corrected chi connectivity index (χ4v) is 0.677. The third kappa shape index (κ3) is 4.24. The van der Waals surface area contributed by atoms with Gasteiger partial charge in [0.05, 0.1) is 13.2 Å². The van der Waals surface area contributed by atoms with Crippen LogP contribution < -0.4 is 11.4 Å². The highest BCUT2D eigenvalue weighted by Gasteiger charge is 1.93. The quantitative estimate of drug-likeness (QED) is 0.560. The van der Waals surface area contributed by atoms with Gasteiger partial charge in [0.15, 0.2) is 0 Å². The molecule has 0 spiro atoms. The van der Waals surface area contributed by atoms with Crippen molar-refractivity contribution in [3.05, 3.63) is 22.7 Å². The predicted octanol–water partition coefficient (Wildman–Crippen LogP) is -0.657. The van der Waals surface area contributed by atoms with Crippen LogP contribution >= 0.6 is 0 Å². The normalized spacial score (nSPS) is 14.8. The molecule has 2 rings (SSSR count). The number of H-pyrrole nitrogens is 1. The number of rotatable bonds is 0. The molecular weight excluding hydrogens is 174 g/mol. The maximum Gasteiger partial charge on any atom is 0.346 e. The van der Waals surface area contributed by atoms with Crippen LogP contribution in [0.3, 0.4) is 0 Å². The lowest BCUT2D eigenvalue weighted by molar-refractivity contribution is 0.0692. The summed E-state index contributed by atoms with van der Waals surface area (Å²) in [6.45, 7) is 2.06. The third-order valence-corrected chi connectivity index (χ3v) is 1.24. The fourth-order valence-electron chi connectivity index (χ4n) is 0.677. The number of nitrogen functional groups attached to an aromatic ring is 1. The van der Waals surface area contributed by atoms with E-state index in [1.807, 2.05) is 0 Å². The Bertz CT molecular complexity index is 287. The zero-order valence-electron chi connectivity index (χ0n) is 7.03. The molecule has 6 heteroatoms. The predicted molar refractivity (Wildman–Crippen MR) is 46.0 cm³/mol. The summed E-state index contributed by atoms with van der Waals surface area (Å²) in [6, 6.07) is 1.52. The van der Waals surface area contributed by atoms with Gasteiger partial charge in [0.25, 0.3) is 0 Å². The molecule has 1 aliphatic rings. The summed E-state index contributed by atoms with van der Waals surface area (Å²) in [5, 5.41) is 0. The number of anilines is 1. The summed E-state index contributed by atoms with van der Waals surface area (Å²) in [7, 11) is 0. The van der Waals surface area contributed by atoms with Crippen LogP contribution in [0.25, 0.3) is 0 Å². The fraction of sp³-hybridized carbons (Fsp3) is 0.429. The number of aromatic nitrogens is 2. The zero-order chi connectivity index (χ0) is 9.52. The molecule has 1 fully saturated rings. The van der Waals surface area contributed by atoms with E-state index in [1.165, 1.54) is 12.3 Å². The molecule has 6 nitrogen and oxygen atoms in total.